The smallest absolute Gasteiger partial charge is 0.269 e. The molecule has 0 bridgehead atoms. The molecule has 0 saturated heterocycles. The minimum atomic E-state index is -0.500. The van der Waals surface area contributed by atoms with Crippen LogP contribution < -0.4 is 5.32 Å². The second-order valence-corrected chi connectivity index (χ2v) is 7.20. The van der Waals surface area contributed by atoms with Gasteiger partial charge in [0.05, 0.1) is 16.5 Å². The Balaban J connectivity index is 2.10. The highest BCUT2D eigenvalue weighted by molar-refractivity contribution is 7.80. The first kappa shape index (κ1) is 19.3. The zero-order chi connectivity index (χ0) is 19.7. The molecule has 1 aromatic rings. The zero-order valence-corrected chi connectivity index (χ0v) is 16.6. The molecule has 1 amide bonds. The van der Waals surface area contributed by atoms with Crippen molar-refractivity contribution in [2.45, 2.75) is 45.7 Å². The first-order chi connectivity index (χ1) is 12.9. The number of nitrogens with zero attached hydrogens (tertiary/aromatic N) is 3. The molecule has 1 aliphatic carbocycles. The first-order valence-electron chi connectivity index (χ1n) is 9.23. The van der Waals surface area contributed by atoms with Crippen molar-refractivity contribution >= 4 is 28.9 Å². The van der Waals surface area contributed by atoms with Crippen molar-refractivity contribution in [2.24, 2.45) is 0 Å². The summed E-state index contributed by atoms with van der Waals surface area (Å²) in [6.07, 6.45) is 2.10. The van der Waals surface area contributed by atoms with E-state index in [-0.39, 0.29) is 11.6 Å². The molecule has 0 spiro atoms. The Labute approximate surface area is 164 Å². The van der Waals surface area contributed by atoms with Crippen LogP contribution in [0.2, 0.25) is 0 Å². The molecule has 0 unspecified atom stereocenters. The maximum atomic E-state index is 13.3. The number of nitro groups is 1. The molecule has 27 heavy (non-hydrogen) atoms. The van der Waals surface area contributed by atoms with Crippen molar-refractivity contribution < 1.29 is 9.72 Å². The number of non-ortho nitro benzene ring substituents is 1. The highest BCUT2D eigenvalue weighted by atomic mass is 32.1. The third-order valence-corrected chi connectivity index (χ3v) is 5.45. The first-order valence-corrected chi connectivity index (χ1v) is 9.63. The van der Waals surface area contributed by atoms with Crippen LogP contribution in [0.4, 0.5) is 5.69 Å². The topological polar surface area (TPSA) is 78.7 Å². The number of carbonyl (C=O) groups excluding carboxylic acids is 1. The lowest BCUT2D eigenvalue weighted by Gasteiger charge is -2.39. The van der Waals surface area contributed by atoms with E-state index < -0.39 is 11.0 Å². The van der Waals surface area contributed by atoms with Crippen molar-refractivity contribution in [1.29, 1.82) is 0 Å². The van der Waals surface area contributed by atoms with Crippen LogP contribution in [0.3, 0.4) is 0 Å². The van der Waals surface area contributed by atoms with Crippen LogP contribution in [0.15, 0.2) is 35.5 Å². The fraction of sp³-hybridized carbons (Fsp3) is 0.474. The number of carbonyl (C=O) groups is 1. The average Bonchev–Trinajstić information content (AvgIpc) is 3.47. The molecule has 1 fully saturated rings. The zero-order valence-electron chi connectivity index (χ0n) is 15.8. The van der Waals surface area contributed by atoms with Gasteiger partial charge in [-0.2, -0.15) is 0 Å². The number of hydrogen-bond acceptors (Lipinski definition) is 4. The van der Waals surface area contributed by atoms with Gasteiger partial charge in [0, 0.05) is 37.0 Å². The highest BCUT2D eigenvalue weighted by Gasteiger charge is 2.41. The molecule has 1 saturated carbocycles. The Hall–Kier alpha value is -2.48. The monoisotopic (exact) mass is 388 g/mol. The largest absolute Gasteiger partial charge is 0.351 e. The molecule has 1 aromatic carbocycles. The van der Waals surface area contributed by atoms with Gasteiger partial charge in [-0.3, -0.25) is 14.9 Å². The van der Waals surface area contributed by atoms with Gasteiger partial charge >= 0.3 is 0 Å². The number of likely N-dealkylation sites (N-methyl/N-ethyl adjacent to an activating group) is 1. The van der Waals surface area contributed by atoms with E-state index >= 15 is 0 Å². The fourth-order valence-corrected chi connectivity index (χ4v) is 3.96. The standard InChI is InChI=1S/C19H24N4O3S/c1-4-21(5-2)18(24)16-12(3)22(14-9-10-14)19(27)20-17(16)13-7-6-8-15(11-13)23(25)26/h6-8,11,14,17H,4-5,9-10H2,1-3H3,(H,20,27)/t17-/m0/s1. The van der Waals surface area contributed by atoms with Crippen LogP contribution >= 0.6 is 12.2 Å². The number of nitro benzene ring substituents is 1. The number of hydrogen-bond donors (Lipinski definition) is 1. The Morgan fingerprint density at radius 3 is 2.59 bits per heavy atom. The summed E-state index contributed by atoms with van der Waals surface area (Å²) in [4.78, 5) is 27.9. The Bertz CT molecular complexity index is 815. The molecule has 1 N–H and O–H groups in total. The maximum Gasteiger partial charge on any atom is 0.269 e. The van der Waals surface area contributed by atoms with E-state index in [1.54, 1.807) is 17.0 Å². The van der Waals surface area contributed by atoms with E-state index in [0.717, 1.165) is 18.5 Å². The Morgan fingerprint density at radius 1 is 1.37 bits per heavy atom. The van der Waals surface area contributed by atoms with Gasteiger partial charge in [-0.15, -0.1) is 0 Å². The maximum absolute atomic E-state index is 13.3. The second kappa shape index (κ2) is 7.64. The van der Waals surface area contributed by atoms with Crippen LogP contribution in [0.25, 0.3) is 0 Å². The van der Waals surface area contributed by atoms with Crippen molar-refractivity contribution in [2.75, 3.05) is 13.1 Å². The fourth-order valence-electron chi connectivity index (χ4n) is 3.56. The van der Waals surface area contributed by atoms with E-state index in [0.29, 0.717) is 35.4 Å². The summed E-state index contributed by atoms with van der Waals surface area (Å²) in [6, 6.07) is 6.22. The summed E-state index contributed by atoms with van der Waals surface area (Å²) in [5.41, 5.74) is 2.11. The van der Waals surface area contributed by atoms with E-state index in [9.17, 15) is 14.9 Å². The summed E-state index contributed by atoms with van der Waals surface area (Å²) in [6.45, 7) is 7.01. The molecule has 2 aliphatic rings. The molecular weight excluding hydrogens is 364 g/mol. The van der Waals surface area contributed by atoms with Gasteiger partial charge in [-0.1, -0.05) is 12.1 Å². The molecule has 1 heterocycles. The van der Waals surface area contributed by atoms with E-state index in [1.807, 2.05) is 25.7 Å². The van der Waals surface area contributed by atoms with Crippen LogP contribution in [-0.2, 0) is 4.79 Å². The third kappa shape index (κ3) is 3.66. The van der Waals surface area contributed by atoms with E-state index in [4.69, 9.17) is 12.2 Å². The lowest BCUT2D eigenvalue weighted by atomic mass is 9.93. The number of nitrogens with one attached hydrogen (secondary N) is 1. The lowest BCUT2D eigenvalue weighted by Crippen LogP contribution is -2.50. The summed E-state index contributed by atoms with van der Waals surface area (Å²) in [5, 5.41) is 15.0. The summed E-state index contributed by atoms with van der Waals surface area (Å²) in [5.74, 6) is -0.0605. The van der Waals surface area contributed by atoms with Gasteiger partial charge in [0.25, 0.3) is 11.6 Å². The van der Waals surface area contributed by atoms with Gasteiger partial charge in [-0.05, 0) is 51.4 Å². The van der Waals surface area contributed by atoms with Gasteiger partial charge in [0.2, 0.25) is 0 Å². The number of allylic oxidation sites excluding steroid dienone is 1. The third-order valence-electron chi connectivity index (χ3n) is 5.13. The van der Waals surface area contributed by atoms with Crippen LogP contribution in [-0.4, -0.2) is 44.9 Å². The summed E-state index contributed by atoms with van der Waals surface area (Å²) in [7, 11) is 0. The molecule has 1 aliphatic heterocycles. The number of benzene rings is 1. The van der Waals surface area contributed by atoms with Gasteiger partial charge in [-0.25, -0.2) is 0 Å². The van der Waals surface area contributed by atoms with E-state index in [2.05, 4.69) is 5.32 Å². The van der Waals surface area contributed by atoms with Crippen molar-refractivity contribution in [3.8, 4) is 0 Å². The molecule has 8 heteroatoms. The quantitative estimate of drug-likeness (QED) is 0.458. The van der Waals surface area contributed by atoms with Crippen LogP contribution in [0.5, 0.6) is 0 Å². The van der Waals surface area contributed by atoms with Crippen LogP contribution in [0.1, 0.15) is 45.2 Å². The molecule has 7 nitrogen and oxygen atoms in total. The van der Waals surface area contributed by atoms with Gasteiger partial charge in [0.1, 0.15) is 0 Å². The van der Waals surface area contributed by atoms with Gasteiger partial charge < -0.3 is 15.1 Å². The van der Waals surface area contributed by atoms with Crippen molar-refractivity contribution in [1.82, 2.24) is 15.1 Å². The molecule has 0 radical (unpaired) electrons. The Morgan fingerprint density at radius 2 is 2.04 bits per heavy atom. The number of thiocarbonyl (C=S) groups is 1. The summed E-state index contributed by atoms with van der Waals surface area (Å²) >= 11 is 5.57. The van der Waals surface area contributed by atoms with Crippen LogP contribution in [0, 0.1) is 10.1 Å². The van der Waals surface area contributed by atoms with E-state index in [1.165, 1.54) is 12.1 Å². The van der Waals surface area contributed by atoms with Crippen molar-refractivity contribution in [3.63, 3.8) is 0 Å². The predicted octanol–water partition coefficient (Wildman–Crippen LogP) is 3.13. The lowest BCUT2D eigenvalue weighted by molar-refractivity contribution is -0.384. The molecular formula is C19H24N4O3S. The second-order valence-electron chi connectivity index (χ2n) is 6.81. The number of amides is 1. The average molecular weight is 388 g/mol. The highest BCUT2D eigenvalue weighted by Crippen LogP contribution is 2.38. The molecule has 0 aromatic heterocycles. The number of rotatable bonds is 6. The molecule has 1 atom stereocenters. The normalized spacial score (nSPS) is 19.7. The Kier molecular flexibility index (Phi) is 5.46. The SMILES string of the molecule is CCN(CC)C(=O)C1=C(C)N(C2CC2)C(=S)N[C@H]1c1cccc([N+](=O)[O-])c1. The summed E-state index contributed by atoms with van der Waals surface area (Å²) < 4.78 is 0. The minimum Gasteiger partial charge on any atom is -0.351 e. The predicted molar refractivity (Wildman–Crippen MR) is 107 cm³/mol. The molecule has 144 valence electrons. The van der Waals surface area contributed by atoms with Crippen molar-refractivity contribution in [3.05, 3.63) is 51.2 Å². The van der Waals surface area contributed by atoms with Gasteiger partial charge in [0.15, 0.2) is 5.11 Å². The minimum absolute atomic E-state index is 0.00266. The molecule has 3 rings (SSSR count).